The molecule has 2 rings (SSSR count). The fourth-order valence-electron chi connectivity index (χ4n) is 1.45. The van der Waals surface area contributed by atoms with Crippen LogP contribution in [0.25, 0.3) is 5.69 Å². The highest BCUT2D eigenvalue weighted by Gasteiger charge is 2.03. The number of aryl methyl sites for hydroxylation is 1. The smallest absolute Gasteiger partial charge is 0.255 e. The number of nitrogens with zero attached hydrogens (tertiary/aromatic N) is 1. The number of phenols is 1. The summed E-state index contributed by atoms with van der Waals surface area (Å²) in [5.74, 6) is 0.102. The molecule has 0 aliphatic rings. The molecule has 0 spiro atoms. The molecule has 0 aliphatic heterocycles. The van der Waals surface area contributed by atoms with Gasteiger partial charge in [0.15, 0.2) is 0 Å². The molecule has 1 heterocycles. The van der Waals surface area contributed by atoms with Crippen LogP contribution in [-0.2, 0) is 0 Å². The molecule has 1 aromatic heterocycles. The van der Waals surface area contributed by atoms with Gasteiger partial charge in [-0.2, -0.15) is 0 Å². The average Bonchev–Trinajstić information content (AvgIpc) is 2.23. The van der Waals surface area contributed by atoms with Gasteiger partial charge in [0.25, 0.3) is 5.56 Å². The van der Waals surface area contributed by atoms with E-state index in [0.717, 1.165) is 5.56 Å². The number of aromatic nitrogens is 1. The number of hydrogen-bond acceptors (Lipinski definition) is 2. The van der Waals surface area contributed by atoms with Crippen LogP contribution in [0.3, 0.4) is 0 Å². The molecule has 0 radical (unpaired) electrons. The molecule has 76 valence electrons. The third kappa shape index (κ3) is 1.76. The van der Waals surface area contributed by atoms with Gasteiger partial charge in [0.2, 0.25) is 0 Å². The van der Waals surface area contributed by atoms with E-state index in [0.29, 0.717) is 5.69 Å². The molecule has 15 heavy (non-hydrogen) atoms. The number of phenolic OH excluding ortho intramolecular Hbond substituents is 1. The van der Waals surface area contributed by atoms with E-state index in [1.807, 2.05) is 6.92 Å². The normalized spacial score (nSPS) is 10.2. The molecule has 0 amide bonds. The van der Waals surface area contributed by atoms with E-state index in [9.17, 15) is 9.90 Å². The largest absolute Gasteiger partial charge is 0.506 e. The van der Waals surface area contributed by atoms with Crippen LogP contribution in [0.4, 0.5) is 0 Å². The van der Waals surface area contributed by atoms with Crippen LogP contribution in [0.15, 0.2) is 47.4 Å². The molecule has 0 atom stereocenters. The fourth-order valence-corrected chi connectivity index (χ4v) is 1.45. The second kappa shape index (κ2) is 3.61. The zero-order chi connectivity index (χ0) is 10.8. The Morgan fingerprint density at radius 3 is 2.60 bits per heavy atom. The topological polar surface area (TPSA) is 42.2 Å². The molecule has 3 heteroatoms. The summed E-state index contributed by atoms with van der Waals surface area (Å²) in [7, 11) is 0. The van der Waals surface area contributed by atoms with Crippen LogP contribution in [0, 0.1) is 6.92 Å². The van der Waals surface area contributed by atoms with Crippen LogP contribution in [0.5, 0.6) is 5.75 Å². The summed E-state index contributed by atoms with van der Waals surface area (Å²) >= 11 is 0. The van der Waals surface area contributed by atoms with Gasteiger partial charge in [0.1, 0.15) is 5.75 Å². The number of aromatic hydroxyl groups is 1. The van der Waals surface area contributed by atoms with E-state index in [-0.39, 0.29) is 11.3 Å². The number of hydrogen-bond donors (Lipinski definition) is 1. The Kier molecular flexibility index (Phi) is 2.29. The fraction of sp³-hybridized carbons (Fsp3) is 0.0833. The highest BCUT2D eigenvalue weighted by Crippen LogP contribution is 2.18. The van der Waals surface area contributed by atoms with Crippen LogP contribution in [0.1, 0.15) is 5.56 Å². The predicted molar refractivity (Wildman–Crippen MR) is 58.4 cm³/mol. The monoisotopic (exact) mass is 201 g/mol. The van der Waals surface area contributed by atoms with Crippen LogP contribution >= 0.6 is 0 Å². The minimum Gasteiger partial charge on any atom is -0.506 e. The lowest BCUT2D eigenvalue weighted by Gasteiger charge is -2.07. The zero-order valence-electron chi connectivity index (χ0n) is 8.34. The summed E-state index contributed by atoms with van der Waals surface area (Å²) in [5.41, 5.74) is 1.33. The summed E-state index contributed by atoms with van der Waals surface area (Å²) < 4.78 is 1.44. The Morgan fingerprint density at radius 1 is 1.13 bits per heavy atom. The van der Waals surface area contributed by atoms with Gasteiger partial charge in [0.05, 0.1) is 5.69 Å². The molecule has 0 aliphatic carbocycles. The van der Waals surface area contributed by atoms with Crippen molar-refractivity contribution in [3.63, 3.8) is 0 Å². The summed E-state index contributed by atoms with van der Waals surface area (Å²) in [6.45, 7) is 1.90. The number of benzene rings is 1. The van der Waals surface area contributed by atoms with Gasteiger partial charge in [-0.3, -0.25) is 9.36 Å². The highest BCUT2D eigenvalue weighted by atomic mass is 16.3. The van der Waals surface area contributed by atoms with Crippen molar-refractivity contribution in [3.8, 4) is 11.4 Å². The average molecular weight is 201 g/mol. The first-order valence-electron chi connectivity index (χ1n) is 4.66. The van der Waals surface area contributed by atoms with Crippen molar-refractivity contribution in [2.24, 2.45) is 0 Å². The number of pyridine rings is 1. The first kappa shape index (κ1) is 9.52. The SMILES string of the molecule is Cc1ccc(=O)n(-c2ccccc2O)c1. The summed E-state index contributed by atoms with van der Waals surface area (Å²) in [6, 6.07) is 10.0. The number of para-hydroxylation sites is 2. The quantitative estimate of drug-likeness (QED) is 0.765. The van der Waals surface area contributed by atoms with E-state index in [1.54, 1.807) is 36.5 Å². The van der Waals surface area contributed by atoms with E-state index >= 15 is 0 Å². The van der Waals surface area contributed by atoms with Crippen molar-refractivity contribution in [2.45, 2.75) is 6.92 Å². The molecule has 0 bridgehead atoms. The van der Waals surface area contributed by atoms with Gasteiger partial charge in [-0.15, -0.1) is 0 Å². The lowest BCUT2D eigenvalue weighted by atomic mass is 10.2. The molecule has 0 saturated carbocycles. The van der Waals surface area contributed by atoms with Crippen LogP contribution in [0.2, 0.25) is 0 Å². The molecule has 2 aromatic rings. The zero-order valence-corrected chi connectivity index (χ0v) is 8.34. The Labute approximate surface area is 87.2 Å². The number of rotatable bonds is 1. The van der Waals surface area contributed by atoms with Crippen molar-refractivity contribution in [1.82, 2.24) is 4.57 Å². The van der Waals surface area contributed by atoms with Crippen molar-refractivity contribution in [2.75, 3.05) is 0 Å². The molecule has 1 N–H and O–H groups in total. The Hall–Kier alpha value is -2.03. The van der Waals surface area contributed by atoms with Gasteiger partial charge in [-0.25, -0.2) is 0 Å². The second-order valence-electron chi connectivity index (χ2n) is 3.40. The van der Waals surface area contributed by atoms with E-state index in [4.69, 9.17) is 0 Å². The third-order valence-electron chi connectivity index (χ3n) is 2.20. The summed E-state index contributed by atoms with van der Waals surface area (Å²) in [6.07, 6.45) is 1.71. The molecule has 0 fully saturated rings. The Bertz CT molecular complexity index is 543. The maximum atomic E-state index is 11.6. The Morgan fingerprint density at radius 2 is 1.87 bits per heavy atom. The van der Waals surface area contributed by atoms with Crippen LogP contribution < -0.4 is 5.56 Å². The second-order valence-corrected chi connectivity index (χ2v) is 3.40. The van der Waals surface area contributed by atoms with Gasteiger partial charge in [-0.05, 0) is 24.6 Å². The molecule has 1 aromatic carbocycles. The maximum absolute atomic E-state index is 11.6. The van der Waals surface area contributed by atoms with Gasteiger partial charge >= 0.3 is 0 Å². The summed E-state index contributed by atoms with van der Waals surface area (Å²) in [5, 5.41) is 9.62. The molecular formula is C12H11NO2. The van der Waals surface area contributed by atoms with Crippen molar-refractivity contribution in [3.05, 3.63) is 58.5 Å². The van der Waals surface area contributed by atoms with Crippen LogP contribution in [-0.4, -0.2) is 9.67 Å². The lowest BCUT2D eigenvalue weighted by Crippen LogP contribution is -2.16. The van der Waals surface area contributed by atoms with E-state index in [1.165, 1.54) is 10.6 Å². The molecular weight excluding hydrogens is 190 g/mol. The van der Waals surface area contributed by atoms with Crippen molar-refractivity contribution in [1.29, 1.82) is 0 Å². The third-order valence-corrected chi connectivity index (χ3v) is 2.20. The lowest BCUT2D eigenvalue weighted by molar-refractivity contribution is 0.471. The van der Waals surface area contributed by atoms with Crippen molar-refractivity contribution >= 4 is 0 Å². The van der Waals surface area contributed by atoms with E-state index in [2.05, 4.69) is 0 Å². The van der Waals surface area contributed by atoms with Crippen molar-refractivity contribution < 1.29 is 5.11 Å². The minimum absolute atomic E-state index is 0.102. The molecule has 0 unspecified atom stereocenters. The van der Waals surface area contributed by atoms with Gasteiger partial charge in [0, 0.05) is 12.3 Å². The molecule has 3 nitrogen and oxygen atoms in total. The predicted octanol–water partition coefficient (Wildman–Crippen LogP) is 1.85. The highest BCUT2D eigenvalue weighted by molar-refractivity contribution is 5.45. The maximum Gasteiger partial charge on any atom is 0.255 e. The van der Waals surface area contributed by atoms with E-state index < -0.39 is 0 Å². The summed E-state index contributed by atoms with van der Waals surface area (Å²) in [4.78, 5) is 11.6. The Balaban J connectivity index is 2.69. The standard InChI is InChI=1S/C12H11NO2/c1-9-6-7-12(15)13(8-9)10-4-2-3-5-11(10)14/h2-8,14H,1H3. The molecule has 0 saturated heterocycles. The first-order chi connectivity index (χ1) is 7.18. The van der Waals surface area contributed by atoms with Gasteiger partial charge in [-0.1, -0.05) is 18.2 Å². The van der Waals surface area contributed by atoms with Gasteiger partial charge < -0.3 is 5.11 Å². The first-order valence-corrected chi connectivity index (χ1v) is 4.66. The minimum atomic E-state index is -0.151.